The van der Waals surface area contributed by atoms with Crippen molar-refractivity contribution in [2.45, 2.75) is 12.8 Å². The van der Waals surface area contributed by atoms with Crippen molar-refractivity contribution in [1.29, 1.82) is 0 Å². The molecular formula is C18H17N5O2S2. The first kappa shape index (κ1) is 17.6. The standard InChI is InChI=1S/C18H17N5O2S2/c24-15(5-6-16-22-23-17(25-16)12-7-10-26-11-12)19-8-9-20-18-21-13-3-1-2-4-14(13)27-18/h1-4,7,10-11H,5-6,8-9H2,(H,19,24)(H,20,21). The Balaban J connectivity index is 1.18. The number of benzene rings is 1. The predicted molar refractivity (Wildman–Crippen MR) is 107 cm³/mol. The summed E-state index contributed by atoms with van der Waals surface area (Å²) in [6, 6.07) is 9.92. The fourth-order valence-electron chi connectivity index (χ4n) is 2.49. The monoisotopic (exact) mass is 399 g/mol. The summed E-state index contributed by atoms with van der Waals surface area (Å²) in [5.41, 5.74) is 1.89. The number of hydrogen-bond acceptors (Lipinski definition) is 8. The number of fused-ring (bicyclic) bond motifs is 1. The van der Waals surface area contributed by atoms with E-state index in [4.69, 9.17) is 4.42 Å². The van der Waals surface area contributed by atoms with E-state index in [2.05, 4.69) is 25.8 Å². The number of aryl methyl sites for hydroxylation is 1. The average Bonchev–Trinajstić information content (AvgIpc) is 3.43. The Bertz CT molecular complexity index is 992. The average molecular weight is 400 g/mol. The number of aromatic nitrogens is 3. The van der Waals surface area contributed by atoms with Crippen LogP contribution in [0.25, 0.3) is 21.7 Å². The number of amides is 1. The second-order valence-electron chi connectivity index (χ2n) is 5.78. The van der Waals surface area contributed by atoms with Crippen LogP contribution in [0.4, 0.5) is 5.13 Å². The van der Waals surface area contributed by atoms with Crippen molar-refractivity contribution >= 4 is 43.9 Å². The Morgan fingerprint density at radius 3 is 2.93 bits per heavy atom. The molecule has 0 radical (unpaired) electrons. The van der Waals surface area contributed by atoms with Gasteiger partial charge in [0.05, 0.1) is 10.2 Å². The van der Waals surface area contributed by atoms with E-state index in [1.54, 1.807) is 22.7 Å². The fourth-order valence-corrected chi connectivity index (χ4v) is 4.01. The van der Waals surface area contributed by atoms with E-state index in [1.165, 1.54) is 0 Å². The largest absolute Gasteiger partial charge is 0.421 e. The van der Waals surface area contributed by atoms with Gasteiger partial charge in [-0.05, 0) is 23.6 Å². The topological polar surface area (TPSA) is 92.9 Å². The molecule has 138 valence electrons. The molecule has 2 N–H and O–H groups in total. The molecule has 1 amide bonds. The highest BCUT2D eigenvalue weighted by molar-refractivity contribution is 7.22. The molecule has 3 aromatic heterocycles. The van der Waals surface area contributed by atoms with Crippen molar-refractivity contribution in [3.8, 4) is 11.5 Å². The molecule has 0 aliphatic carbocycles. The van der Waals surface area contributed by atoms with Gasteiger partial charge in [0.1, 0.15) is 0 Å². The summed E-state index contributed by atoms with van der Waals surface area (Å²) in [6.07, 6.45) is 0.737. The molecule has 7 nitrogen and oxygen atoms in total. The molecule has 0 aliphatic rings. The second kappa shape index (κ2) is 8.28. The van der Waals surface area contributed by atoms with Gasteiger partial charge in [-0.3, -0.25) is 4.79 Å². The van der Waals surface area contributed by atoms with E-state index in [9.17, 15) is 4.79 Å². The van der Waals surface area contributed by atoms with Gasteiger partial charge >= 0.3 is 0 Å². The maximum absolute atomic E-state index is 12.0. The number of thiophene rings is 1. The Morgan fingerprint density at radius 2 is 2.07 bits per heavy atom. The molecule has 3 heterocycles. The molecule has 0 saturated heterocycles. The van der Waals surface area contributed by atoms with Gasteiger partial charge in [0.15, 0.2) is 5.13 Å². The second-order valence-corrected chi connectivity index (χ2v) is 7.59. The predicted octanol–water partition coefficient (Wildman–Crippen LogP) is 3.57. The van der Waals surface area contributed by atoms with E-state index in [1.807, 2.05) is 41.1 Å². The zero-order chi connectivity index (χ0) is 18.5. The SMILES string of the molecule is O=C(CCc1nnc(-c2ccsc2)o1)NCCNc1nc2ccccc2s1. The van der Waals surface area contributed by atoms with Gasteiger partial charge < -0.3 is 15.1 Å². The number of carbonyl (C=O) groups excluding carboxylic acids is 1. The Hall–Kier alpha value is -2.78. The number of anilines is 1. The summed E-state index contributed by atoms with van der Waals surface area (Å²) in [6.45, 7) is 1.15. The number of hydrogen-bond donors (Lipinski definition) is 2. The van der Waals surface area contributed by atoms with Crippen LogP contribution in [0.5, 0.6) is 0 Å². The molecular weight excluding hydrogens is 382 g/mol. The quantitative estimate of drug-likeness (QED) is 0.440. The van der Waals surface area contributed by atoms with Crippen LogP contribution in [0.3, 0.4) is 0 Å². The van der Waals surface area contributed by atoms with E-state index >= 15 is 0 Å². The number of thiazole rings is 1. The van der Waals surface area contributed by atoms with Crippen molar-refractivity contribution in [3.63, 3.8) is 0 Å². The third-order valence-electron chi connectivity index (χ3n) is 3.82. The molecule has 0 atom stereocenters. The highest BCUT2D eigenvalue weighted by Crippen LogP contribution is 2.25. The fraction of sp³-hybridized carbons (Fsp3) is 0.222. The summed E-state index contributed by atoms with van der Waals surface area (Å²) in [7, 11) is 0. The van der Waals surface area contributed by atoms with Crippen molar-refractivity contribution in [3.05, 3.63) is 47.0 Å². The third-order valence-corrected chi connectivity index (χ3v) is 5.50. The maximum atomic E-state index is 12.0. The van der Waals surface area contributed by atoms with Crippen LogP contribution in [0.15, 0.2) is 45.5 Å². The van der Waals surface area contributed by atoms with Gasteiger partial charge in [-0.15, -0.1) is 10.2 Å². The first-order valence-corrected chi connectivity index (χ1v) is 10.2. The molecule has 0 saturated carbocycles. The minimum Gasteiger partial charge on any atom is -0.421 e. The number of carbonyl (C=O) groups is 1. The van der Waals surface area contributed by atoms with Gasteiger partial charge in [0, 0.05) is 36.9 Å². The van der Waals surface area contributed by atoms with Crippen LogP contribution in [-0.2, 0) is 11.2 Å². The summed E-state index contributed by atoms with van der Waals surface area (Å²) in [5, 5.41) is 18.9. The number of nitrogens with one attached hydrogen (secondary N) is 2. The van der Waals surface area contributed by atoms with Crippen molar-refractivity contribution < 1.29 is 9.21 Å². The third kappa shape index (κ3) is 4.50. The van der Waals surface area contributed by atoms with Crippen molar-refractivity contribution in [2.75, 3.05) is 18.4 Å². The molecule has 0 aliphatic heterocycles. The van der Waals surface area contributed by atoms with E-state index in [-0.39, 0.29) is 5.91 Å². The highest BCUT2D eigenvalue weighted by atomic mass is 32.1. The van der Waals surface area contributed by atoms with Gasteiger partial charge in [-0.25, -0.2) is 4.98 Å². The van der Waals surface area contributed by atoms with E-state index in [0.29, 0.717) is 37.7 Å². The van der Waals surface area contributed by atoms with Gasteiger partial charge in [-0.1, -0.05) is 23.5 Å². The summed E-state index contributed by atoms with van der Waals surface area (Å²) in [5.74, 6) is 0.919. The molecule has 0 bridgehead atoms. The number of nitrogens with zero attached hydrogens (tertiary/aromatic N) is 3. The van der Waals surface area contributed by atoms with Gasteiger partial charge in [0.2, 0.25) is 17.7 Å². The zero-order valence-electron chi connectivity index (χ0n) is 14.3. The lowest BCUT2D eigenvalue weighted by Gasteiger charge is -2.04. The molecule has 4 rings (SSSR count). The molecule has 1 aromatic carbocycles. The first-order chi connectivity index (χ1) is 13.3. The molecule has 0 fully saturated rings. The maximum Gasteiger partial charge on any atom is 0.248 e. The van der Waals surface area contributed by atoms with Crippen LogP contribution in [-0.4, -0.2) is 34.2 Å². The Labute approximate surface area is 163 Å². The smallest absolute Gasteiger partial charge is 0.248 e. The molecule has 27 heavy (non-hydrogen) atoms. The van der Waals surface area contributed by atoms with Crippen LogP contribution in [0, 0.1) is 0 Å². The lowest BCUT2D eigenvalue weighted by molar-refractivity contribution is -0.121. The van der Waals surface area contributed by atoms with Crippen LogP contribution < -0.4 is 10.6 Å². The highest BCUT2D eigenvalue weighted by Gasteiger charge is 2.10. The molecule has 9 heteroatoms. The molecule has 4 aromatic rings. The van der Waals surface area contributed by atoms with Crippen molar-refractivity contribution in [1.82, 2.24) is 20.5 Å². The number of para-hydroxylation sites is 1. The van der Waals surface area contributed by atoms with Crippen molar-refractivity contribution in [2.24, 2.45) is 0 Å². The molecule has 0 spiro atoms. The first-order valence-electron chi connectivity index (χ1n) is 8.49. The van der Waals surface area contributed by atoms with Crippen LogP contribution >= 0.6 is 22.7 Å². The van der Waals surface area contributed by atoms with E-state index < -0.39 is 0 Å². The van der Waals surface area contributed by atoms with E-state index in [0.717, 1.165) is 20.9 Å². The minimum atomic E-state index is -0.0450. The van der Waals surface area contributed by atoms with Gasteiger partial charge in [0.25, 0.3) is 0 Å². The summed E-state index contributed by atoms with van der Waals surface area (Å²) >= 11 is 3.17. The summed E-state index contributed by atoms with van der Waals surface area (Å²) in [4.78, 5) is 16.5. The lowest BCUT2D eigenvalue weighted by Crippen LogP contribution is -2.28. The zero-order valence-corrected chi connectivity index (χ0v) is 16.0. The Kier molecular flexibility index (Phi) is 5.40. The van der Waals surface area contributed by atoms with Crippen LogP contribution in [0.1, 0.15) is 12.3 Å². The number of rotatable bonds is 8. The Morgan fingerprint density at radius 1 is 1.15 bits per heavy atom. The minimum absolute atomic E-state index is 0.0450. The molecule has 0 unspecified atom stereocenters. The summed E-state index contributed by atoms with van der Waals surface area (Å²) < 4.78 is 6.72. The normalized spacial score (nSPS) is 11.0. The van der Waals surface area contributed by atoms with Gasteiger partial charge in [-0.2, -0.15) is 11.3 Å². The lowest BCUT2D eigenvalue weighted by atomic mass is 10.3. The van der Waals surface area contributed by atoms with Crippen LogP contribution in [0.2, 0.25) is 0 Å².